The van der Waals surface area contributed by atoms with Crippen LogP contribution in [0, 0.1) is 5.92 Å². The van der Waals surface area contributed by atoms with Crippen molar-refractivity contribution in [3.8, 4) is 0 Å². The van der Waals surface area contributed by atoms with Gasteiger partial charge in [0.1, 0.15) is 11.9 Å². The minimum Gasteiger partial charge on any atom is -0.349 e. The number of nitrogens with zero attached hydrogens (tertiary/aromatic N) is 4. The van der Waals surface area contributed by atoms with E-state index in [0.717, 1.165) is 18.1 Å². The molecule has 6 heteroatoms. The van der Waals surface area contributed by atoms with Gasteiger partial charge in [-0.3, -0.25) is 4.79 Å². The lowest BCUT2D eigenvalue weighted by Gasteiger charge is -2.18. The van der Waals surface area contributed by atoms with Gasteiger partial charge in [0.05, 0.1) is 18.6 Å². The molecule has 0 spiro atoms. The molecular formula is C17H27N5O. The van der Waals surface area contributed by atoms with Crippen LogP contribution in [0.5, 0.6) is 0 Å². The standard InChI is InChI=1S/C17H27N5O/c1-12(2)10-21-11-18-8-15(21)9-20-17(23)14(5)22-7-6-19-16(22)13(3)4/h6-8,11-14H,9-10H2,1-5H3,(H,20,23)/t14-/m0/s1. The molecular weight excluding hydrogens is 290 g/mol. The van der Waals surface area contributed by atoms with Gasteiger partial charge in [0, 0.05) is 31.1 Å². The third-order valence-corrected chi connectivity index (χ3v) is 3.82. The molecule has 2 aromatic heterocycles. The summed E-state index contributed by atoms with van der Waals surface area (Å²) < 4.78 is 4.03. The van der Waals surface area contributed by atoms with Crippen molar-refractivity contribution in [1.29, 1.82) is 0 Å². The van der Waals surface area contributed by atoms with Crippen LogP contribution in [-0.4, -0.2) is 25.0 Å². The summed E-state index contributed by atoms with van der Waals surface area (Å²) in [7, 11) is 0. The Labute approximate surface area is 137 Å². The van der Waals surface area contributed by atoms with Crippen LogP contribution in [0.25, 0.3) is 0 Å². The lowest BCUT2D eigenvalue weighted by atomic mass is 10.2. The first-order chi connectivity index (χ1) is 10.9. The highest BCUT2D eigenvalue weighted by Gasteiger charge is 2.19. The number of hydrogen-bond acceptors (Lipinski definition) is 3. The Balaban J connectivity index is 1.99. The number of nitrogens with one attached hydrogen (secondary N) is 1. The van der Waals surface area contributed by atoms with Gasteiger partial charge >= 0.3 is 0 Å². The maximum atomic E-state index is 12.5. The van der Waals surface area contributed by atoms with E-state index >= 15 is 0 Å². The number of amides is 1. The normalized spacial score (nSPS) is 12.8. The largest absolute Gasteiger partial charge is 0.349 e. The minimum atomic E-state index is -0.281. The predicted molar refractivity (Wildman–Crippen MR) is 89.9 cm³/mol. The van der Waals surface area contributed by atoms with Crippen molar-refractivity contribution in [1.82, 2.24) is 24.4 Å². The van der Waals surface area contributed by atoms with Crippen LogP contribution in [0.2, 0.25) is 0 Å². The van der Waals surface area contributed by atoms with Crippen LogP contribution in [-0.2, 0) is 17.9 Å². The zero-order valence-electron chi connectivity index (χ0n) is 14.7. The summed E-state index contributed by atoms with van der Waals surface area (Å²) in [6.07, 6.45) is 7.24. The predicted octanol–water partition coefficient (Wildman–Crippen LogP) is 2.74. The van der Waals surface area contributed by atoms with Gasteiger partial charge in [-0.2, -0.15) is 0 Å². The lowest BCUT2D eigenvalue weighted by molar-refractivity contribution is -0.124. The number of aromatic nitrogens is 4. The fourth-order valence-electron chi connectivity index (χ4n) is 2.60. The van der Waals surface area contributed by atoms with Gasteiger partial charge in [0.25, 0.3) is 0 Å². The number of rotatable bonds is 7. The summed E-state index contributed by atoms with van der Waals surface area (Å²) >= 11 is 0. The number of carbonyl (C=O) groups is 1. The van der Waals surface area contributed by atoms with Gasteiger partial charge < -0.3 is 14.5 Å². The first-order valence-corrected chi connectivity index (χ1v) is 8.19. The van der Waals surface area contributed by atoms with Crippen molar-refractivity contribution >= 4 is 5.91 Å². The van der Waals surface area contributed by atoms with E-state index in [1.165, 1.54) is 0 Å². The zero-order chi connectivity index (χ0) is 17.0. The first kappa shape index (κ1) is 17.2. The van der Waals surface area contributed by atoms with E-state index in [9.17, 15) is 4.79 Å². The van der Waals surface area contributed by atoms with E-state index in [1.807, 2.05) is 30.2 Å². The molecule has 6 nitrogen and oxygen atoms in total. The number of carbonyl (C=O) groups excluding carboxylic acids is 1. The van der Waals surface area contributed by atoms with E-state index in [4.69, 9.17) is 0 Å². The maximum Gasteiger partial charge on any atom is 0.243 e. The van der Waals surface area contributed by atoms with Crippen molar-refractivity contribution < 1.29 is 4.79 Å². The highest BCUT2D eigenvalue weighted by atomic mass is 16.2. The topological polar surface area (TPSA) is 64.7 Å². The second-order valence-electron chi connectivity index (χ2n) is 6.67. The van der Waals surface area contributed by atoms with Gasteiger partial charge in [0.2, 0.25) is 5.91 Å². The van der Waals surface area contributed by atoms with Gasteiger partial charge in [-0.05, 0) is 12.8 Å². The van der Waals surface area contributed by atoms with E-state index in [0.29, 0.717) is 12.5 Å². The van der Waals surface area contributed by atoms with Crippen LogP contribution in [0.3, 0.4) is 0 Å². The first-order valence-electron chi connectivity index (χ1n) is 8.19. The second-order valence-corrected chi connectivity index (χ2v) is 6.67. The monoisotopic (exact) mass is 317 g/mol. The molecule has 0 unspecified atom stereocenters. The van der Waals surface area contributed by atoms with Crippen LogP contribution in [0.1, 0.15) is 58.1 Å². The average Bonchev–Trinajstić information content (AvgIpc) is 3.12. The van der Waals surface area contributed by atoms with Crippen molar-refractivity contribution in [2.24, 2.45) is 5.92 Å². The average molecular weight is 317 g/mol. The highest BCUT2D eigenvalue weighted by molar-refractivity contribution is 5.79. The van der Waals surface area contributed by atoms with Crippen molar-refractivity contribution in [3.05, 3.63) is 36.4 Å². The summed E-state index contributed by atoms with van der Waals surface area (Å²) in [4.78, 5) is 21.0. The fraction of sp³-hybridized carbons (Fsp3) is 0.588. The zero-order valence-corrected chi connectivity index (χ0v) is 14.7. The molecule has 2 rings (SSSR count). The summed E-state index contributed by atoms with van der Waals surface area (Å²) in [6.45, 7) is 11.8. The van der Waals surface area contributed by atoms with Crippen LogP contribution < -0.4 is 5.32 Å². The third-order valence-electron chi connectivity index (χ3n) is 3.82. The Bertz CT molecular complexity index is 641. The number of imidazole rings is 2. The molecule has 0 aliphatic heterocycles. The molecule has 0 aliphatic carbocycles. The maximum absolute atomic E-state index is 12.5. The van der Waals surface area contributed by atoms with Gasteiger partial charge in [-0.15, -0.1) is 0 Å². The summed E-state index contributed by atoms with van der Waals surface area (Å²) in [5.74, 6) is 1.74. The van der Waals surface area contributed by atoms with Gasteiger partial charge in [-0.1, -0.05) is 27.7 Å². The fourth-order valence-corrected chi connectivity index (χ4v) is 2.60. The van der Waals surface area contributed by atoms with Crippen LogP contribution in [0.4, 0.5) is 0 Å². The minimum absolute atomic E-state index is 0.0119. The molecule has 1 N–H and O–H groups in total. The summed E-state index contributed by atoms with van der Waals surface area (Å²) in [5.41, 5.74) is 1.02. The Kier molecular flexibility index (Phi) is 5.58. The lowest BCUT2D eigenvalue weighted by Crippen LogP contribution is -2.32. The third kappa shape index (κ3) is 4.21. The Morgan fingerprint density at radius 3 is 2.65 bits per heavy atom. The Hall–Kier alpha value is -2.11. The van der Waals surface area contributed by atoms with Gasteiger partial charge in [0.15, 0.2) is 0 Å². The van der Waals surface area contributed by atoms with E-state index in [2.05, 4.69) is 47.5 Å². The Morgan fingerprint density at radius 2 is 2.00 bits per heavy atom. The van der Waals surface area contributed by atoms with E-state index in [-0.39, 0.29) is 17.9 Å². The van der Waals surface area contributed by atoms with Crippen LogP contribution >= 0.6 is 0 Å². The van der Waals surface area contributed by atoms with Crippen molar-refractivity contribution in [2.75, 3.05) is 0 Å². The molecule has 23 heavy (non-hydrogen) atoms. The molecule has 1 atom stereocenters. The number of hydrogen-bond donors (Lipinski definition) is 1. The molecule has 2 aromatic rings. The van der Waals surface area contributed by atoms with Gasteiger partial charge in [-0.25, -0.2) is 9.97 Å². The Morgan fingerprint density at radius 1 is 1.26 bits per heavy atom. The summed E-state index contributed by atoms with van der Waals surface area (Å²) in [6, 6.07) is -0.281. The SMILES string of the molecule is CC(C)Cn1cncc1CNC(=O)[C@H](C)n1ccnc1C(C)C. The molecule has 0 fully saturated rings. The molecule has 0 aromatic carbocycles. The van der Waals surface area contributed by atoms with Crippen molar-refractivity contribution in [3.63, 3.8) is 0 Å². The highest BCUT2D eigenvalue weighted by Crippen LogP contribution is 2.17. The quantitative estimate of drug-likeness (QED) is 0.854. The van der Waals surface area contributed by atoms with Crippen molar-refractivity contribution in [2.45, 2.75) is 59.7 Å². The van der Waals surface area contributed by atoms with E-state index in [1.54, 1.807) is 6.20 Å². The molecule has 0 aliphatic rings. The molecule has 0 saturated heterocycles. The molecule has 1 amide bonds. The second kappa shape index (κ2) is 7.44. The van der Waals surface area contributed by atoms with Crippen LogP contribution in [0.15, 0.2) is 24.9 Å². The molecule has 2 heterocycles. The molecule has 0 saturated carbocycles. The molecule has 0 radical (unpaired) electrons. The van der Waals surface area contributed by atoms with E-state index < -0.39 is 0 Å². The smallest absolute Gasteiger partial charge is 0.243 e. The molecule has 126 valence electrons. The molecule has 0 bridgehead atoms. The summed E-state index contributed by atoms with van der Waals surface area (Å²) in [5, 5.41) is 3.00.